The van der Waals surface area contributed by atoms with Crippen LogP contribution in [0.1, 0.15) is 43.5 Å². The van der Waals surface area contributed by atoms with Gasteiger partial charge in [0, 0.05) is 24.1 Å². The Hall–Kier alpha value is -2.17. The largest absolute Gasteiger partial charge is 0.497 e. The Morgan fingerprint density at radius 1 is 1.33 bits per heavy atom. The van der Waals surface area contributed by atoms with Crippen molar-refractivity contribution in [3.63, 3.8) is 0 Å². The summed E-state index contributed by atoms with van der Waals surface area (Å²) in [4.78, 5) is 23.7. The molecular weight excluding hydrogens is 268 g/mol. The topological polar surface area (TPSA) is 67.8 Å². The van der Waals surface area contributed by atoms with E-state index in [2.05, 4.69) is 10.5 Å². The summed E-state index contributed by atoms with van der Waals surface area (Å²) in [5.74, 6) is 0.474. The zero-order valence-corrected chi connectivity index (χ0v) is 12.6. The van der Waals surface area contributed by atoms with Gasteiger partial charge >= 0.3 is 0 Å². The van der Waals surface area contributed by atoms with Gasteiger partial charge < -0.3 is 4.74 Å². The van der Waals surface area contributed by atoms with Crippen LogP contribution in [0, 0.1) is 5.41 Å². The molecule has 5 heteroatoms. The van der Waals surface area contributed by atoms with Crippen molar-refractivity contribution >= 4 is 17.4 Å². The summed E-state index contributed by atoms with van der Waals surface area (Å²) in [5, 5.41) is 4.12. The van der Waals surface area contributed by atoms with Crippen LogP contribution in [0.3, 0.4) is 0 Å². The smallest absolute Gasteiger partial charge is 0.271 e. The minimum atomic E-state index is -0.308. The van der Waals surface area contributed by atoms with E-state index >= 15 is 0 Å². The highest BCUT2D eigenvalue weighted by molar-refractivity contribution is 6.05. The highest BCUT2D eigenvalue weighted by Gasteiger charge is 2.30. The van der Waals surface area contributed by atoms with E-state index in [0.717, 1.165) is 12.1 Å². The van der Waals surface area contributed by atoms with Crippen molar-refractivity contribution in [1.29, 1.82) is 0 Å². The van der Waals surface area contributed by atoms with Gasteiger partial charge in [0.25, 0.3) is 5.91 Å². The van der Waals surface area contributed by atoms with Crippen LogP contribution in [0.15, 0.2) is 29.4 Å². The number of ketones is 1. The SMILES string of the molecule is COc1cccc(C(=O)N/N=C2/CC(=O)CC(C)(C)C2)c1. The first-order valence-corrected chi connectivity index (χ1v) is 6.91. The van der Waals surface area contributed by atoms with Crippen molar-refractivity contribution in [1.82, 2.24) is 5.43 Å². The van der Waals surface area contributed by atoms with Gasteiger partial charge in [-0.05, 0) is 30.0 Å². The summed E-state index contributed by atoms with van der Waals surface area (Å²) in [7, 11) is 1.55. The van der Waals surface area contributed by atoms with Crippen LogP contribution < -0.4 is 10.2 Å². The number of benzene rings is 1. The van der Waals surface area contributed by atoms with Crippen LogP contribution in [0.25, 0.3) is 0 Å². The van der Waals surface area contributed by atoms with E-state index in [1.165, 1.54) is 0 Å². The molecule has 1 aliphatic rings. The molecule has 1 fully saturated rings. The van der Waals surface area contributed by atoms with E-state index in [-0.39, 0.29) is 17.1 Å². The second-order valence-corrected chi connectivity index (χ2v) is 6.08. The summed E-state index contributed by atoms with van der Waals surface area (Å²) in [6.45, 7) is 4.06. The van der Waals surface area contributed by atoms with Gasteiger partial charge in [-0.25, -0.2) is 5.43 Å². The van der Waals surface area contributed by atoms with Gasteiger partial charge in [0.1, 0.15) is 11.5 Å². The van der Waals surface area contributed by atoms with Gasteiger partial charge in [-0.3, -0.25) is 9.59 Å². The molecule has 1 N–H and O–H groups in total. The first-order chi connectivity index (χ1) is 9.89. The molecule has 0 aliphatic heterocycles. The number of amides is 1. The van der Waals surface area contributed by atoms with Gasteiger partial charge in [-0.1, -0.05) is 19.9 Å². The highest BCUT2D eigenvalue weighted by Crippen LogP contribution is 2.31. The van der Waals surface area contributed by atoms with Crippen molar-refractivity contribution in [3.8, 4) is 5.75 Å². The molecule has 0 spiro atoms. The van der Waals surface area contributed by atoms with Crippen molar-refractivity contribution in [2.45, 2.75) is 33.1 Å². The second-order valence-electron chi connectivity index (χ2n) is 6.08. The number of hydrazone groups is 1. The first-order valence-electron chi connectivity index (χ1n) is 6.91. The van der Waals surface area contributed by atoms with Crippen LogP contribution >= 0.6 is 0 Å². The van der Waals surface area contributed by atoms with Crippen LogP contribution in [0.2, 0.25) is 0 Å². The number of nitrogens with one attached hydrogen (secondary N) is 1. The lowest BCUT2D eigenvalue weighted by Crippen LogP contribution is -2.31. The molecule has 0 saturated heterocycles. The van der Waals surface area contributed by atoms with Crippen molar-refractivity contribution in [3.05, 3.63) is 29.8 Å². The number of carbonyl (C=O) groups excluding carboxylic acids is 2. The Morgan fingerprint density at radius 3 is 2.76 bits per heavy atom. The summed E-state index contributed by atoms with van der Waals surface area (Å²) < 4.78 is 5.08. The predicted octanol–water partition coefficient (Wildman–Crippen LogP) is 2.56. The Bertz CT molecular complexity index is 591. The Kier molecular flexibility index (Phi) is 4.40. The number of rotatable bonds is 3. The molecule has 0 heterocycles. The van der Waals surface area contributed by atoms with Gasteiger partial charge in [0.05, 0.1) is 7.11 Å². The molecule has 2 rings (SSSR count). The molecule has 1 aliphatic carbocycles. The van der Waals surface area contributed by atoms with Gasteiger partial charge in [-0.2, -0.15) is 5.10 Å². The number of ether oxygens (including phenoxy) is 1. The van der Waals surface area contributed by atoms with E-state index in [4.69, 9.17) is 4.74 Å². The molecule has 0 aromatic heterocycles. The van der Waals surface area contributed by atoms with E-state index in [9.17, 15) is 9.59 Å². The number of methoxy groups -OCH3 is 1. The fraction of sp³-hybridized carbons (Fsp3) is 0.438. The molecular formula is C16H20N2O3. The van der Waals surface area contributed by atoms with E-state index in [1.54, 1.807) is 31.4 Å². The van der Waals surface area contributed by atoms with Crippen LogP contribution in [0.5, 0.6) is 5.75 Å². The Morgan fingerprint density at radius 2 is 2.10 bits per heavy atom. The number of carbonyl (C=O) groups is 2. The quantitative estimate of drug-likeness (QED) is 0.869. The predicted molar refractivity (Wildman–Crippen MR) is 80.5 cm³/mol. The Balaban J connectivity index is 2.05. The van der Waals surface area contributed by atoms with Crippen molar-refractivity contribution in [2.24, 2.45) is 10.5 Å². The van der Waals surface area contributed by atoms with Crippen LogP contribution in [-0.4, -0.2) is 24.5 Å². The lowest BCUT2D eigenvalue weighted by molar-refractivity contribution is -0.120. The van der Waals surface area contributed by atoms with Crippen LogP contribution in [-0.2, 0) is 4.79 Å². The standard InChI is InChI=1S/C16H20N2O3/c1-16(2)9-12(8-13(19)10-16)17-18-15(20)11-5-4-6-14(7-11)21-3/h4-7H,8-10H2,1-3H3,(H,18,20)/b17-12-. The van der Waals surface area contributed by atoms with E-state index in [1.807, 2.05) is 13.8 Å². The molecule has 1 saturated carbocycles. The molecule has 0 atom stereocenters. The van der Waals surface area contributed by atoms with E-state index in [0.29, 0.717) is 24.2 Å². The fourth-order valence-corrected chi connectivity index (χ4v) is 2.54. The van der Waals surface area contributed by atoms with Crippen molar-refractivity contribution in [2.75, 3.05) is 7.11 Å². The summed E-state index contributed by atoms with van der Waals surface area (Å²) in [6, 6.07) is 6.85. The third-order valence-corrected chi connectivity index (χ3v) is 3.41. The molecule has 0 unspecified atom stereocenters. The zero-order valence-electron chi connectivity index (χ0n) is 12.6. The maximum atomic E-state index is 12.0. The minimum Gasteiger partial charge on any atom is -0.497 e. The minimum absolute atomic E-state index is 0.0884. The average Bonchev–Trinajstić information content (AvgIpc) is 2.42. The normalized spacial score (nSPS) is 19.4. The molecule has 1 aromatic rings. The lowest BCUT2D eigenvalue weighted by Gasteiger charge is -2.28. The molecule has 0 bridgehead atoms. The van der Waals surface area contributed by atoms with Crippen LogP contribution in [0.4, 0.5) is 0 Å². The maximum Gasteiger partial charge on any atom is 0.271 e. The third-order valence-electron chi connectivity index (χ3n) is 3.41. The number of Topliss-reactive ketones (excluding diaryl/α,β-unsaturated/α-hetero) is 1. The first kappa shape index (κ1) is 15.2. The molecule has 112 valence electrons. The summed E-state index contributed by atoms with van der Waals surface area (Å²) in [5.41, 5.74) is 3.63. The van der Waals surface area contributed by atoms with Gasteiger partial charge in [0.15, 0.2) is 0 Å². The third kappa shape index (κ3) is 4.15. The maximum absolute atomic E-state index is 12.0. The summed E-state index contributed by atoms with van der Waals surface area (Å²) >= 11 is 0. The molecule has 1 aromatic carbocycles. The average molecular weight is 288 g/mol. The molecule has 21 heavy (non-hydrogen) atoms. The number of hydrogen-bond acceptors (Lipinski definition) is 4. The van der Waals surface area contributed by atoms with Gasteiger partial charge in [0.2, 0.25) is 0 Å². The lowest BCUT2D eigenvalue weighted by atomic mass is 9.76. The molecule has 0 radical (unpaired) electrons. The molecule has 5 nitrogen and oxygen atoms in total. The number of hydrogen-bond donors (Lipinski definition) is 1. The molecule has 1 amide bonds. The Labute approximate surface area is 124 Å². The monoisotopic (exact) mass is 288 g/mol. The summed E-state index contributed by atoms with van der Waals surface area (Å²) in [6.07, 6.45) is 1.61. The number of nitrogens with zero attached hydrogens (tertiary/aromatic N) is 1. The fourth-order valence-electron chi connectivity index (χ4n) is 2.54. The zero-order chi connectivity index (χ0) is 15.5. The van der Waals surface area contributed by atoms with Crippen molar-refractivity contribution < 1.29 is 14.3 Å². The highest BCUT2D eigenvalue weighted by atomic mass is 16.5. The second kappa shape index (κ2) is 6.08. The van der Waals surface area contributed by atoms with Gasteiger partial charge in [-0.15, -0.1) is 0 Å². The van der Waals surface area contributed by atoms with E-state index < -0.39 is 0 Å².